The highest BCUT2D eigenvalue weighted by atomic mass is 35.5. The summed E-state index contributed by atoms with van der Waals surface area (Å²) in [5, 5.41) is 10.2. The Bertz CT molecular complexity index is 954. The normalized spacial score (nSPS) is 18.7. The molecule has 2 heterocycles. The van der Waals surface area contributed by atoms with E-state index in [1.165, 1.54) is 18.2 Å². The number of hydrogen-bond acceptors (Lipinski definition) is 4. The van der Waals surface area contributed by atoms with Gasteiger partial charge in [0.2, 0.25) is 0 Å². The fourth-order valence-electron chi connectivity index (χ4n) is 4.81. The van der Waals surface area contributed by atoms with Gasteiger partial charge in [-0.3, -0.25) is 0 Å². The Kier molecular flexibility index (Phi) is 7.21. The molecule has 0 unspecified atom stereocenters. The Balaban J connectivity index is 1.24. The highest BCUT2D eigenvalue weighted by molar-refractivity contribution is 6.31. The molecule has 2 saturated heterocycles. The van der Waals surface area contributed by atoms with Gasteiger partial charge < -0.3 is 19.6 Å². The van der Waals surface area contributed by atoms with E-state index in [0.29, 0.717) is 19.0 Å². The third kappa shape index (κ3) is 5.36. The second kappa shape index (κ2) is 10.1. The largest absolute Gasteiger partial charge is 0.490 e. The summed E-state index contributed by atoms with van der Waals surface area (Å²) in [7, 11) is 0. The molecule has 32 heavy (non-hydrogen) atoms. The van der Waals surface area contributed by atoms with Gasteiger partial charge in [-0.25, -0.2) is 9.18 Å². The highest BCUT2D eigenvalue weighted by Crippen LogP contribution is 2.30. The Morgan fingerprint density at radius 1 is 1.12 bits per heavy atom. The molecule has 2 aliphatic heterocycles. The highest BCUT2D eigenvalue weighted by Gasteiger charge is 2.28. The summed E-state index contributed by atoms with van der Waals surface area (Å²) in [5.74, 6) is -0.115. The molecule has 0 amide bonds. The molecule has 0 aliphatic carbocycles. The van der Waals surface area contributed by atoms with Gasteiger partial charge in [-0.15, -0.1) is 0 Å². The minimum Gasteiger partial charge on any atom is -0.490 e. The van der Waals surface area contributed by atoms with E-state index in [0.717, 1.165) is 61.7 Å². The zero-order chi connectivity index (χ0) is 22.7. The van der Waals surface area contributed by atoms with Crippen molar-refractivity contribution in [3.8, 4) is 5.75 Å². The van der Waals surface area contributed by atoms with Crippen molar-refractivity contribution in [3.63, 3.8) is 0 Å². The van der Waals surface area contributed by atoms with E-state index in [-0.39, 0.29) is 17.4 Å². The lowest BCUT2D eigenvalue weighted by Gasteiger charge is -2.38. The van der Waals surface area contributed by atoms with E-state index in [9.17, 15) is 14.3 Å². The van der Waals surface area contributed by atoms with Gasteiger partial charge in [0.1, 0.15) is 17.7 Å². The molecular weight excluding hydrogens is 431 g/mol. The van der Waals surface area contributed by atoms with Crippen molar-refractivity contribution >= 4 is 23.3 Å². The van der Waals surface area contributed by atoms with Crippen molar-refractivity contribution in [1.82, 2.24) is 4.90 Å². The van der Waals surface area contributed by atoms with Crippen LogP contribution in [0.25, 0.3) is 0 Å². The van der Waals surface area contributed by atoms with Gasteiger partial charge in [0.15, 0.2) is 0 Å². The minimum absolute atomic E-state index is 0.0430. The molecule has 0 spiro atoms. The fourth-order valence-corrected chi connectivity index (χ4v) is 4.92. The van der Waals surface area contributed by atoms with Gasteiger partial charge in [-0.2, -0.15) is 0 Å². The number of rotatable bonds is 6. The van der Waals surface area contributed by atoms with E-state index in [1.807, 2.05) is 30.0 Å². The van der Waals surface area contributed by atoms with Crippen LogP contribution in [0.5, 0.6) is 5.75 Å². The maximum atomic E-state index is 14.4. The zero-order valence-electron chi connectivity index (χ0n) is 18.4. The first-order valence-electron chi connectivity index (χ1n) is 11.3. The van der Waals surface area contributed by atoms with Crippen molar-refractivity contribution < 1.29 is 19.0 Å². The van der Waals surface area contributed by atoms with Crippen LogP contribution in [0.3, 0.4) is 0 Å². The number of anilines is 1. The van der Waals surface area contributed by atoms with Crippen LogP contribution in [0.2, 0.25) is 5.02 Å². The first kappa shape index (κ1) is 22.9. The number of aromatic carboxylic acids is 1. The number of hydrogen-bond donors (Lipinski definition) is 1. The van der Waals surface area contributed by atoms with Gasteiger partial charge in [0.05, 0.1) is 11.3 Å². The molecule has 0 saturated carbocycles. The van der Waals surface area contributed by atoms with Crippen LogP contribution in [-0.2, 0) is 0 Å². The molecule has 2 fully saturated rings. The molecule has 0 aromatic heterocycles. The number of ether oxygens (including phenoxy) is 1. The van der Waals surface area contributed by atoms with Crippen LogP contribution in [0.15, 0.2) is 36.4 Å². The monoisotopic (exact) mass is 460 g/mol. The van der Waals surface area contributed by atoms with Crippen LogP contribution in [-0.4, -0.2) is 54.8 Å². The zero-order valence-corrected chi connectivity index (χ0v) is 19.2. The van der Waals surface area contributed by atoms with E-state index in [4.69, 9.17) is 16.3 Å². The van der Waals surface area contributed by atoms with E-state index >= 15 is 0 Å². The summed E-state index contributed by atoms with van der Waals surface area (Å²) in [5.41, 5.74) is 1.30. The van der Waals surface area contributed by atoms with Crippen LogP contribution >= 0.6 is 11.6 Å². The molecule has 4 rings (SSSR count). The number of aryl methyl sites for hydroxylation is 1. The van der Waals surface area contributed by atoms with Gasteiger partial charge in [0.25, 0.3) is 0 Å². The molecular formula is C25H30ClFN2O3. The first-order valence-corrected chi connectivity index (χ1v) is 11.7. The number of benzene rings is 2. The molecule has 7 heteroatoms. The quantitative estimate of drug-likeness (QED) is 0.638. The molecule has 1 N–H and O–H groups in total. The van der Waals surface area contributed by atoms with Crippen molar-refractivity contribution in [3.05, 3.63) is 58.4 Å². The third-order valence-corrected chi connectivity index (χ3v) is 7.06. The molecule has 2 aromatic rings. The van der Waals surface area contributed by atoms with E-state index in [1.54, 1.807) is 0 Å². The molecule has 0 atom stereocenters. The Morgan fingerprint density at radius 2 is 1.84 bits per heavy atom. The Morgan fingerprint density at radius 3 is 2.50 bits per heavy atom. The molecule has 5 nitrogen and oxygen atoms in total. The van der Waals surface area contributed by atoms with Crippen LogP contribution < -0.4 is 9.64 Å². The Hall–Kier alpha value is -2.31. The van der Waals surface area contributed by atoms with Crippen molar-refractivity contribution in [2.24, 2.45) is 5.92 Å². The lowest BCUT2D eigenvalue weighted by molar-refractivity contribution is 0.0696. The second-order valence-corrected chi connectivity index (χ2v) is 9.31. The number of carboxylic acids is 1. The van der Waals surface area contributed by atoms with Crippen LogP contribution in [0.4, 0.5) is 10.1 Å². The Labute approximate surface area is 193 Å². The number of carbonyl (C=O) groups is 1. The molecule has 172 valence electrons. The maximum Gasteiger partial charge on any atom is 0.337 e. The predicted octanol–water partition coefficient (Wildman–Crippen LogP) is 5.25. The summed E-state index contributed by atoms with van der Waals surface area (Å²) in [6.45, 7) is 6.39. The fraction of sp³-hybridized carbons (Fsp3) is 0.480. The molecule has 0 bridgehead atoms. The van der Waals surface area contributed by atoms with Gasteiger partial charge in [-0.1, -0.05) is 17.7 Å². The summed E-state index contributed by atoms with van der Waals surface area (Å²) >= 11 is 6.10. The van der Waals surface area contributed by atoms with Crippen molar-refractivity contribution in [1.29, 1.82) is 0 Å². The van der Waals surface area contributed by atoms with Crippen molar-refractivity contribution in [2.75, 3.05) is 37.6 Å². The average Bonchev–Trinajstić information content (AvgIpc) is 2.78. The molecule has 2 aliphatic rings. The topological polar surface area (TPSA) is 53.0 Å². The van der Waals surface area contributed by atoms with Crippen molar-refractivity contribution in [2.45, 2.75) is 38.7 Å². The van der Waals surface area contributed by atoms with Crippen LogP contribution in [0.1, 0.15) is 41.6 Å². The number of likely N-dealkylation sites (tertiary alicyclic amines) is 1. The summed E-state index contributed by atoms with van der Waals surface area (Å²) in [4.78, 5) is 15.9. The summed E-state index contributed by atoms with van der Waals surface area (Å²) in [6.07, 6.45) is 4.10. The molecule has 2 aromatic carbocycles. The lowest BCUT2D eigenvalue weighted by atomic mass is 9.94. The summed E-state index contributed by atoms with van der Waals surface area (Å²) in [6, 6.07) is 10.1. The second-order valence-electron chi connectivity index (χ2n) is 8.90. The number of piperidine rings is 2. The van der Waals surface area contributed by atoms with Crippen LogP contribution in [0, 0.1) is 18.7 Å². The number of nitrogens with zero attached hydrogens (tertiary/aromatic N) is 2. The number of halogens is 2. The van der Waals surface area contributed by atoms with Gasteiger partial charge >= 0.3 is 5.97 Å². The SMILES string of the molecule is Cc1cc(OC2CCN(CC3CCN(c4c(F)cccc4C(=O)O)CC3)CC2)ccc1Cl. The third-order valence-electron chi connectivity index (χ3n) is 6.63. The number of carboxylic acid groups (broad SMARTS) is 1. The van der Waals surface area contributed by atoms with Gasteiger partial charge in [-0.05, 0) is 74.4 Å². The first-order chi connectivity index (χ1) is 15.4. The van der Waals surface area contributed by atoms with E-state index in [2.05, 4.69) is 4.90 Å². The number of para-hydroxylation sites is 1. The smallest absolute Gasteiger partial charge is 0.337 e. The van der Waals surface area contributed by atoms with Gasteiger partial charge in [0, 0.05) is 37.7 Å². The average molecular weight is 461 g/mol. The summed E-state index contributed by atoms with van der Waals surface area (Å²) < 4.78 is 20.5. The predicted molar refractivity (Wildman–Crippen MR) is 125 cm³/mol. The standard InChI is InChI=1S/C25H30ClFN2O3/c1-17-15-20(5-6-22(17)26)32-19-9-11-28(12-10-19)16-18-7-13-29(14-8-18)24-21(25(30)31)3-2-4-23(24)27/h2-6,15,18-19H,7-14,16H2,1H3,(H,30,31). The minimum atomic E-state index is -1.08. The molecule has 0 radical (unpaired) electrons. The van der Waals surface area contributed by atoms with E-state index < -0.39 is 11.8 Å². The lowest BCUT2D eigenvalue weighted by Crippen LogP contribution is -2.43. The maximum absolute atomic E-state index is 14.4.